The largest absolute Gasteiger partial charge is 0.737 e. The molecular weight excluding hydrogens is 481 g/mol. The van der Waals surface area contributed by atoms with Crippen molar-refractivity contribution in [1.82, 2.24) is 15.1 Å². The van der Waals surface area contributed by atoms with Crippen LogP contribution in [0.25, 0.3) is 6.08 Å². The third kappa shape index (κ3) is 8.07. The van der Waals surface area contributed by atoms with Crippen LogP contribution < -0.4 is 10.6 Å². The molecule has 0 unspecified atom stereocenters. The van der Waals surface area contributed by atoms with Crippen molar-refractivity contribution in [1.29, 1.82) is 0 Å². The van der Waals surface area contributed by atoms with Crippen molar-refractivity contribution in [3.63, 3.8) is 0 Å². The number of hydrogen-bond acceptors (Lipinski definition) is 5. The van der Waals surface area contributed by atoms with E-state index in [1.54, 1.807) is 31.2 Å². The predicted octanol–water partition coefficient (Wildman–Crippen LogP) is 2.84. The summed E-state index contributed by atoms with van der Waals surface area (Å²) in [5.74, 6) is 0.436. The molecule has 2 N–H and O–H groups in total. The normalized spacial score (nSPS) is 16.1. The summed E-state index contributed by atoms with van der Waals surface area (Å²) in [5, 5.41) is 6.09. The third-order valence-corrected chi connectivity index (χ3v) is 6.31. The van der Waals surface area contributed by atoms with Crippen molar-refractivity contribution in [3.8, 4) is 0 Å². The number of halogens is 2. The zero-order valence-corrected chi connectivity index (χ0v) is 22.5. The van der Waals surface area contributed by atoms with Crippen molar-refractivity contribution >= 4 is 24.7 Å². The van der Waals surface area contributed by atoms with Gasteiger partial charge in [-0.05, 0) is 43.6 Å². The minimum atomic E-state index is -4.00. The first-order valence-corrected chi connectivity index (χ1v) is 13.2. The molecule has 8 nitrogen and oxygen atoms in total. The van der Waals surface area contributed by atoms with E-state index in [2.05, 4.69) is 24.5 Å². The van der Waals surface area contributed by atoms with Gasteiger partial charge < -0.3 is 42.4 Å². The topological polar surface area (TPSA) is 76.8 Å². The Morgan fingerprint density at radius 1 is 1.00 bits per heavy atom. The summed E-state index contributed by atoms with van der Waals surface area (Å²) < 4.78 is 49.4. The zero-order chi connectivity index (χ0) is 26.8. The first-order chi connectivity index (χ1) is 17.7. The number of ether oxygens (including phenoxy) is 3. The van der Waals surface area contributed by atoms with Gasteiger partial charge >= 0.3 is 6.97 Å². The maximum atomic E-state index is 15.4. The Morgan fingerprint density at radius 3 is 2.32 bits per heavy atom. The molecule has 0 aliphatic carbocycles. The van der Waals surface area contributed by atoms with E-state index in [1.807, 2.05) is 6.92 Å². The maximum Gasteiger partial charge on any atom is 0.737 e. The fourth-order valence-electron chi connectivity index (χ4n) is 4.57. The number of fused-ring (bicyclic) bond motifs is 2. The number of hydrogen-bond donors (Lipinski definition) is 2. The molecule has 1 aromatic rings. The molecule has 11 heteroatoms. The van der Waals surface area contributed by atoms with Gasteiger partial charge in [-0.3, -0.25) is 4.79 Å². The number of rotatable bonds is 17. The highest BCUT2D eigenvalue weighted by atomic mass is 19.2. The quantitative estimate of drug-likeness (QED) is 0.243. The Kier molecular flexibility index (Phi) is 11.1. The number of allylic oxidation sites excluding steroid dienone is 2. The van der Waals surface area contributed by atoms with E-state index in [0.29, 0.717) is 74.9 Å². The summed E-state index contributed by atoms with van der Waals surface area (Å²) in [4.78, 5) is 12.2. The molecule has 1 aromatic heterocycles. The predicted molar refractivity (Wildman–Crippen MR) is 142 cm³/mol. The van der Waals surface area contributed by atoms with Crippen LogP contribution in [0.1, 0.15) is 45.5 Å². The number of amides is 1. The number of carbonyl (C=O) groups is 1. The molecule has 2 aliphatic heterocycles. The van der Waals surface area contributed by atoms with E-state index in [9.17, 15) is 4.79 Å². The Morgan fingerprint density at radius 2 is 1.65 bits per heavy atom. The van der Waals surface area contributed by atoms with E-state index in [4.69, 9.17) is 14.2 Å². The van der Waals surface area contributed by atoms with Crippen LogP contribution in [0.2, 0.25) is 0 Å². The lowest BCUT2D eigenvalue weighted by Crippen LogP contribution is -2.50. The average molecular weight is 522 g/mol. The van der Waals surface area contributed by atoms with Gasteiger partial charge in [0.25, 0.3) is 0 Å². The molecule has 0 saturated carbocycles. The molecule has 0 radical (unpaired) electrons. The average Bonchev–Trinajstić information content (AvgIpc) is 3.38. The van der Waals surface area contributed by atoms with Crippen LogP contribution in [0.4, 0.5) is 8.63 Å². The van der Waals surface area contributed by atoms with Crippen LogP contribution in [0.5, 0.6) is 0 Å². The second-order valence-corrected chi connectivity index (χ2v) is 9.86. The fourth-order valence-corrected chi connectivity index (χ4v) is 4.57. The lowest BCUT2D eigenvalue weighted by atomic mass is 9.89. The number of aromatic nitrogens is 1. The smallest absolute Gasteiger partial charge is 0.394 e. The molecule has 37 heavy (non-hydrogen) atoms. The van der Waals surface area contributed by atoms with Crippen LogP contribution in [0, 0.1) is 5.92 Å². The molecule has 3 rings (SSSR count). The van der Waals surface area contributed by atoms with Gasteiger partial charge in [0.2, 0.25) is 5.91 Å². The zero-order valence-electron chi connectivity index (χ0n) is 22.5. The Hall–Kier alpha value is -2.34. The highest BCUT2D eigenvalue weighted by molar-refractivity contribution is 6.58. The summed E-state index contributed by atoms with van der Waals surface area (Å²) in [7, 11) is 0. The first kappa shape index (κ1) is 29.2. The van der Waals surface area contributed by atoms with E-state index in [0.717, 1.165) is 27.6 Å². The molecular formula is C26H41BF2N4O4. The number of nitrogens with zero attached hydrogens (tertiary/aromatic N) is 2. The van der Waals surface area contributed by atoms with E-state index >= 15 is 8.63 Å². The fraction of sp³-hybridized carbons (Fsp3) is 0.615. The minimum Gasteiger partial charge on any atom is -0.394 e. The van der Waals surface area contributed by atoms with Crippen LogP contribution in [0.15, 0.2) is 29.5 Å². The van der Waals surface area contributed by atoms with Gasteiger partial charge in [-0.2, -0.15) is 0 Å². The summed E-state index contributed by atoms with van der Waals surface area (Å²) in [5.41, 5.74) is 2.82. The van der Waals surface area contributed by atoms with Gasteiger partial charge in [0, 0.05) is 49.9 Å². The van der Waals surface area contributed by atoms with E-state index in [-0.39, 0.29) is 18.7 Å². The van der Waals surface area contributed by atoms with Crippen molar-refractivity contribution in [2.24, 2.45) is 5.92 Å². The highest BCUT2D eigenvalue weighted by Crippen LogP contribution is 2.35. The molecule has 0 saturated heterocycles. The number of aryl methyl sites for hydroxylation is 1. The molecule has 206 valence electrons. The molecule has 2 aliphatic rings. The van der Waals surface area contributed by atoms with Crippen molar-refractivity contribution < 1.29 is 32.1 Å². The van der Waals surface area contributed by atoms with Crippen molar-refractivity contribution in [2.75, 3.05) is 59.3 Å². The van der Waals surface area contributed by atoms with Crippen molar-refractivity contribution in [3.05, 3.63) is 40.9 Å². The molecule has 0 spiro atoms. The van der Waals surface area contributed by atoms with Crippen LogP contribution in [0.3, 0.4) is 0 Å². The molecule has 3 heterocycles. The molecule has 1 amide bonds. The van der Waals surface area contributed by atoms with Gasteiger partial charge in [0.1, 0.15) is 5.71 Å². The van der Waals surface area contributed by atoms with Crippen LogP contribution in [-0.2, 0) is 25.4 Å². The number of carbonyl (C=O) groups excluding carboxylic acids is 1. The highest BCUT2D eigenvalue weighted by Gasteiger charge is 2.52. The van der Waals surface area contributed by atoms with Gasteiger partial charge in [-0.15, -0.1) is 0 Å². The summed E-state index contributed by atoms with van der Waals surface area (Å²) in [6.07, 6.45) is 3.92. The van der Waals surface area contributed by atoms with Gasteiger partial charge in [0.05, 0.1) is 39.6 Å². The molecule has 0 bridgehead atoms. The molecule has 0 fully saturated rings. The summed E-state index contributed by atoms with van der Waals surface area (Å²) in [6.45, 7) is 9.00. The Balaban J connectivity index is 1.26. The lowest BCUT2D eigenvalue weighted by molar-refractivity contribution is -0.362. The van der Waals surface area contributed by atoms with Gasteiger partial charge in [-0.25, -0.2) is 0 Å². The van der Waals surface area contributed by atoms with Crippen LogP contribution >= 0.6 is 0 Å². The van der Waals surface area contributed by atoms with Gasteiger partial charge in [0.15, 0.2) is 5.70 Å². The van der Waals surface area contributed by atoms with Gasteiger partial charge in [-0.1, -0.05) is 13.8 Å². The second kappa shape index (κ2) is 14.0. The SMILES string of the molecule is CC1=CC(C)=[N+]2C1=Cc1ccc(CCC(=O)NCCOCCOCCOCCNCC(C)C)n1[B-]2(F)F. The Bertz CT molecular complexity index is 1020. The van der Waals surface area contributed by atoms with E-state index in [1.165, 1.54) is 0 Å². The lowest BCUT2D eigenvalue weighted by Gasteiger charge is -2.31. The first-order valence-electron chi connectivity index (χ1n) is 13.2. The minimum absolute atomic E-state index is 0.127. The summed E-state index contributed by atoms with van der Waals surface area (Å²) in [6, 6.07) is 3.38. The standard InChI is InChI=1S/C26H41BF2N4O4/c1-20(2)19-30-9-11-35-13-15-37-16-14-36-12-10-31-26(34)8-7-23-5-6-24-18-25-21(3)17-22(4)32(25)27(28,29)33(23)24/h5-6,17-18,20,30H,7-16,19H2,1-4H3,(H,31,34). The van der Waals surface area contributed by atoms with E-state index < -0.39 is 6.97 Å². The molecule has 0 aromatic carbocycles. The third-order valence-electron chi connectivity index (χ3n) is 6.31. The monoisotopic (exact) mass is 522 g/mol. The number of nitrogens with one attached hydrogen (secondary N) is 2. The molecule has 0 atom stereocenters. The van der Waals surface area contributed by atoms with Crippen molar-refractivity contribution in [2.45, 2.75) is 40.5 Å². The second-order valence-electron chi connectivity index (χ2n) is 9.86. The summed E-state index contributed by atoms with van der Waals surface area (Å²) >= 11 is 0. The maximum absolute atomic E-state index is 15.4. The Labute approximate surface area is 218 Å². The van der Waals surface area contributed by atoms with Crippen LogP contribution in [-0.4, -0.2) is 86.8 Å².